The van der Waals surface area contributed by atoms with E-state index in [2.05, 4.69) is 22.3 Å². The van der Waals surface area contributed by atoms with Crippen molar-refractivity contribution in [2.45, 2.75) is 18.6 Å². The number of halogens is 1. The molecule has 0 spiro atoms. The number of aliphatic hydroxyl groups excluding tert-OH is 1. The second kappa shape index (κ2) is 8.93. The van der Waals surface area contributed by atoms with Crippen LogP contribution in [-0.4, -0.2) is 71.7 Å². The highest BCUT2D eigenvalue weighted by molar-refractivity contribution is 6.30. The monoisotopic (exact) mass is 428 g/mol. The molecular weight excluding hydrogens is 404 g/mol. The van der Waals surface area contributed by atoms with E-state index in [9.17, 15) is 14.7 Å². The van der Waals surface area contributed by atoms with Gasteiger partial charge in [-0.3, -0.25) is 4.79 Å². The normalized spacial score (nSPS) is 21.6. The van der Waals surface area contributed by atoms with Gasteiger partial charge < -0.3 is 25.1 Å². The summed E-state index contributed by atoms with van der Waals surface area (Å²) >= 11 is 5.88. The molecule has 2 saturated heterocycles. The molecule has 2 fully saturated rings. The van der Waals surface area contributed by atoms with E-state index >= 15 is 0 Å². The summed E-state index contributed by atoms with van der Waals surface area (Å²) in [5.74, 6) is -0.106. The number of anilines is 2. The van der Waals surface area contributed by atoms with Crippen molar-refractivity contribution in [1.82, 2.24) is 9.80 Å². The zero-order valence-corrected chi connectivity index (χ0v) is 17.3. The molecule has 3 amide bonds. The summed E-state index contributed by atoms with van der Waals surface area (Å²) in [4.78, 5) is 31.4. The minimum Gasteiger partial charge on any atom is -0.391 e. The summed E-state index contributed by atoms with van der Waals surface area (Å²) in [5.41, 5.74) is 1.73. The number of aliphatic hydroxyl groups is 1. The number of nitrogens with one attached hydrogen (secondary N) is 1. The van der Waals surface area contributed by atoms with Gasteiger partial charge in [-0.1, -0.05) is 29.8 Å². The van der Waals surface area contributed by atoms with Crippen LogP contribution >= 0.6 is 11.6 Å². The Morgan fingerprint density at radius 2 is 1.63 bits per heavy atom. The molecule has 158 valence electrons. The number of nitrogens with zero attached hydrogens (tertiary/aromatic N) is 3. The Labute approximate surface area is 180 Å². The third-order valence-corrected chi connectivity index (χ3v) is 5.89. The van der Waals surface area contributed by atoms with E-state index in [0.29, 0.717) is 23.8 Å². The number of β-amino-alcohol motifs (C(OH)–C–C–N with tert-alkyl or cyclic N) is 1. The van der Waals surface area contributed by atoms with Crippen molar-refractivity contribution in [1.29, 1.82) is 0 Å². The Balaban J connectivity index is 1.38. The highest BCUT2D eigenvalue weighted by Crippen LogP contribution is 2.23. The Morgan fingerprint density at radius 1 is 0.967 bits per heavy atom. The molecule has 2 aromatic carbocycles. The molecule has 30 heavy (non-hydrogen) atoms. The van der Waals surface area contributed by atoms with E-state index in [4.69, 9.17) is 11.6 Å². The Morgan fingerprint density at radius 3 is 2.30 bits per heavy atom. The maximum absolute atomic E-state index is 13.2. The molecule has 2 atom stereocenters. The molecule has 0 aliphatic carbocycles. The topological polar surface area (TPSA) is 76.1 Å². The van der Waals surface area contributed by atoms with Crippen molar-refractivity contribution in [3.8, 4) is 0 Å². The molecule has 0 unspecified atom stereocenters. The largest absolute Gasteiger partial charge is 0.391 e. The van der Waals surface area contributed by atoms with Crippen molar-refractivity contribution < 1.29 is 14.7 Å². The minimum absolute atomic E-state index is 0.106. The summed E-state index contributed by atoms with van der Waals surface area (Å²) in [7, 11) is 0. The summed E-state index contributed by atoms with van der Waals surface area (Å²) in [5, 5.41) is 13.5. The van der Waals surface area contributed by atoms with Gasteiger partial charge in [0.05, 0.1) is 6.10 Å². The zero-order chi connectivity index (χ0) is 21.1. The van der Waals surface area contributed by atoms with Crippen LogP contribution in [0.1, 0.15) is 6.42 Å². The predicted molar refractivity (Wildman–Crippen MR) is 117 cm³/mol. The molecular formula is C22H25ClN4O3. The number of benzene rings is 2. The standard InChI is InChI=1S/C22H25ClN4O3/c23-16-6-8-17(9-7-16)24-22(30)27-15-19(28)14-20(27)21(29)26-12-10-25(11-13-26)18-4-2-1-3-5-18/h1-9,19-20,28H,10-15H2,(H,24,30)/t19-,20-/m1/s1. The van der Waals surface area contributed by atoms with Crippen molar-refractivity contribution >= 4 is 34.9 Å². The van der Waals surface area contributed by atoms with Gasteiger partial charge >= 0.3 is 6.03 Å². The lowest BCUT2D eigenvalue weighted by Gasteiger charge is -2.38. The van der Waals surface area contributed by atoms with Gasteiger partial charge in [-0.2, -0.15) is 0 Å². The van der Waals surface area contributed by atoms with Gasteiger partial charge in [0.1, 0.15) is 6.04 Å². The van der Waals surface area contributed by atoms with Crippen molar-refractivity contribution in [3.05, 3.63) is 59.6 Å². The van der Waals surface area contributed by atoms with Crippen LogP contribution in [-0.2, 0) is 4.79 Å². The average Bonchev–Trinajstić information content (AvgIpc) is 3.17. The third-order valence-electron chi connectivity index (χ3n) is 5.63. The van der Waals surface area contributed by atoms with Crippen LogP contribution in [0, 0.1) is 0 Å². The second-order valence-electron chi connectivity index (χ2n) is 7.64. The number of carbonyl (C=O) groups excluding carboxylic acids is 2. The molecule has 8 heteroatoms. The van der Waals surface area contributed by atoms with Gasteiger partial charge in [-0.15, -0.1) is 0 Å². The molecule has 2 N–H and O–H groups in total. The van der Waals surface area contributed by atoms with E-state index in [-0.39, 0.29) is 18.9 Å². The van der Waals surface area contributed by atoms with Gasteiger partial charge in [-0.25, -0.2) is 4.79 Å². The van der Waals surface area contributed by atoms with Crippen LogP contribution < -0.4 is 10.2 Å². The van der Waals surface area contributed by atoms with E-state index in [1.165, 1.54) is 4.90 Å². The number of amides is 3. The van der Waals surface area contributed by atoms with Gasteiger partial charge in [0.2, 0.25) is 5.91 Å². The molecule has 2 aliphatic rings. The maximum atomic E-state index is 13.2. The van der Waals surface area contributed by atoms with Gasteiger partial charge in [0.15, 0.2) is 0 Å². The molecule has 0 radical (unpaired) electrons. The van der Waals surface area contributed by atoms with Gasteiger partial charge in [0.25, 0.3) is 0 Å². The van der Waals surface area contributed by atoms with Gasteiger partial charge in [-0.05, 0) is 36.4 Å². The fourth-order valence-electron chi connectivity index (χ4n) is 4.04. The number of hydrogen-bond donors (Lipinski definition) is 2. The zero-order valence-electron chi connectivity index (χ0n) is 16.6. The summed E-state index contributed by atoms with van der Waals surface area (Å²) in [6.07, 6.45) is -0.452. The number of rotatable bonds is 3. The minimum atomic E-state index is -0.708. The van der Waals surface area contributed by atoms with E-state index in [1.807, 2.05) is 18.2 Å². The molecule has 0 bridgehead atoms. The Kier molecular flexibility index (Phi) is 6.11. The SMILES string of the molecule is O=C([C@H]1C[C@@H](O)CN1C(=O)Nc1ccc(Cl)cc1)N1CCN(c2ccccc2)CC1. The molecule has 4 rings (SSSR count). The van der Waals surface area contributed by atoms with Crippen molar-refractivity contribution in [2.75, 3.05) is 42.9 Å². The third kappa shape index (κ3) is 4.52. The number of piperazine rings is 1. The van der Waals surface area contributed by atoms with E-state index in [0.717, 1.165) is 18.8 Å². The lowest BCUT2D eigenvalue weighted by atomic mass is 10.1. The Hall–Kier alpha value is -2.77. The van der Waals surface area contributed by atoms with Gasteiger partial charge in [0, 0.05) is 55.5 Å². The first-order chi connectivity index (χ1) is 14.5. The maximum Gasteiger partial charge on any atom is 0.322 e. The molecule has 0 saturated carbocycles. The van der Waals surface area contributed by atoms with E-state index < -0.39 is 18.2 Å². The van der Waals surface area contributed by atoms with Crippen LogP contribution in [0.15, 0.2) is 54.6 Å². The molecule has 2 aliphatic heterocycles. The smallest absolute Gasteiger partial charge is 0.322 e. The first-order valence-electron chi connectivity index (χ1n) is 10.1. The summed E-state index contributed by atoms with van der Waals surface area (Å²) in [6, 6.07) is 15.8. The lowest BCUT2D eigenvalue weighted by molar-refractivity contribution is -0.135. The number of urea groups is 1. The number of hydrogen-bond acceptors (Lipinski definition) is 4. The molecule has 2 aromatic rings. The van der Waals surface area contributed by atoms with E-state index in [1.54, 1.807) is 29.2 Å². The lowest BCUT2D eigenvalue weighted by Crippen LogP contribution is -2.55. The fourth-order valence-corrected chi connectivity index (χ4v) is 4.16. The highest BCUT2D eigenvalue weighted by Gasteiger charge is 2.41. The molecule has 7 nitrogen and oxygen atoms in total. The van der Waals surface area contributed by atoms with Crippen LogP contribution in [0.3, 0.4) is 0 Å². The quantitative estimate of drug-likeness (QED) is 0.788. The number of carbonyl (C=O) groups is 2. The van der Waals surface area contributed by atoms with Crippen LogP contribution in [0.2, 0.25) is 5.02 Å². The average molecular weight is 429 g/mol. The van der Waals surface area contributed by atoms with Crippen LogP contribution in [0.25, 0.3) is 0 Å². The fraction of sp³-hybridized carbons (Fsp3) is 0.364. The van der Waals surface area contributed by atoms with Crippen molar-refractivity contribution in [2.24, 2.45) is 0 Å². The van der Waals surface area contributed by atoms with Crippen LogP contribution in [0.5, 0.6) is 0 Å². The highest BCUT2D eigenvalue weighted by atomic mass is 35.5. The Bertz CT molecular complexity index is 885. The first kappa shape index (κ1) is 20.5. The predicted octanol–water partition coefficient (Wildman–Crippen LogP) is 2.66. The first-order valence-corrected chi connectivity index (χ1v) is 10.5. The number of para-hydroxylation sites is 1. The summed E-state index contributed by atoms with van der Waals surface area (Å²) < 4.78 is 0. The van der Waals surface area contributed by atoms with Crippen LogP contribution in [0.4, 0.5) is 16.2 Å². The number of likely N-dealkylation sites (tertiary alicyclic amines) is 1. The second-order valence-corrected chi connectivity index (χ2v) is 8.08. The molecule has 0 aromatic heterocycles. The van der Waals surface area contributed by atoms with Crippen molar-refractivity contribution in [3.63, 3.8) is 0 Å². The molecule has 2 heterocycles. The summed E-state index contributed by atoms with van der Waals surface area (Å²) in [6.45, 7) is 2.80.